The third kappa shape index (κ3) is 4.23. The van der Waals surface area contributed by atoms with Gasteiger partial charge in [-0.05, 0) is 63.6 Å². The first kappa shape index (κ1) is 22.3. The van der Waals surface area contributed by atoms with Crippen molar-refractivity contribution in [3.05, 3.63) is 83.4 Å². The number of ether oxygens (including phenoxy) is 1. The molecule has 0 aliphatic rings. The van der Waals surface area contributed by atoms with E-state index in [0.717, 1.165) is 16.9 Å². The van der Waals surface area contributed by atoms with E-state index in [-0.39, 0.29) is 5.91 Å². The van der Waals surface area contributed by atoms with Crippen LogP contribution in [0.25, 0.3) is 22.5 Å². The van der Waals surface area contributed by atoms with Crippen molar-refractivity contribution in [1.29, 1.82) is 0 Å². The zero-order valence-corrected chi connectivity index (χ0v) is 20.0. The van der Waals surface area contributed by atoms with Crippen LogP contribution < -0.4 is 10.1 Å². The molecule has 0 unspecified atom stereocenters. The normalized spacial score (nSPS) is 11.1. The van der Waals surface area contributed by atoms with Crippen molar-refractivity contribution in [2.24, 2.45) is 0 Å². The second-order valence-corrected chi connectivity index (χ2v) is 8.28. The van der Waals surface area contributed by atoms with Crippen LogP contribution in [0, 0.1) is 20.8 Å². The number of benzene rings is 2. The van der Waals surface area contributed by atoms with Crippen LogP contribution in [0.15, 0.2) is 61.1 Å². The second kappa shape index (κ2) is 9.02. The van der Waals surface area contributed by atoms with Crippen LogP contribution in [-0.2, 0) is 0 Å². The van der Waals surface area contributed by atoms with Crippen LogP contribution in [0.4, 0.5) is 5.82 Å². The van der Waals surface area contributed by atoms with Crippen molar-refractivity contribution in [2.45, 2.75) is 27.7 Å². The van der Waals surface area contributed by atoms with Gasteiger partial charge in [0.1, 0.15) is 17.9 Å². The number of carbonyl (C=O) groups excluding carboxylic acids is 1. The average Bonchev–Trinajstić information content (AvgIpc) is 3.43. The molecular formula is C26H25N7O2. The smallest absolute Gasteiger partial charge is 0.256 e. The number of rotatable bonds is 6. The van der Waals surface area contributed by atoms with Gasteiger partial charge in [-0.2, -0.15) is 14.9 Å². The van der Waals surface area contributed by atoms with E-state index in [0.29, 0.717) is 40.6 Å². The summed E-state index contributed by atoms with van der Waals surface area (Å²) in [6.45, 7) is 8.45. The lowest BCUT2D eigenvalue weighted by atomic mass is 10.1. The molecule has 35 heavy (non-hydrogen) atoms. The molecule has 0 saturated heterocycles. The summed E-state index contributed by atoms with van der Waals surface area (Å²) in [5.74, 6) is 1.49. The lowest BCUT2D eigenvalue weighted by Gasteiger charge is -2.10. The molecule has 0 saturated carbocycles. The molecule has 1 N–H and O–H groups in total. The van der Waals surface area contributed by atoms with Gasteiger partial charge in [0.15, 0.2) is 11.5 Å². The number of hydrogen-bond donors (Lipinski definition) is 1. The van der Waals surface area contributed by atoms with E-state index < -0.39 is 0 Å². The van der Waals surface area contributed by atoms with Gasteiger partial charge < -0.3 is 10.1 Å². The Bertz CT molecular complexity index is 1530. The van der Waals surface area contributed by atoms with Crippen molar-refractivity contribution < 1.29 is 9.53 Å². The van der Waals surface area contributed by atoms with Crippen LogP contribution in [0.5, 0.6) is 5.75 Å². The number of carbonyl (C=O) groups is 1. The minimum absolute atomic E-state index is 0.259. The maximum absolute atomic E-state index is 13.0. The Hall–Kier alpha value is -4.53. The number of fused-ring (bicyclic) bond motifs is 1. The Labute approximate surface area is 202 Å². The SMILES string of the molecule is CCOc1ccc(C(=O)Nc2cc(C)nn2-c2ncnc3c2cnn3-c2ccc(C)cc2C)cc1. The van der Waals surface area contributed by atoms with Gasteiger partial charge in [0.05, 0.1) is 29.6 Å². The van der Waals surface area contributed by atoms with Gasteiger partial charge in [-0.25, -0.2) is 14.6 Å². The summed E-state index contributed by atoms with van der Waals surface area (Å²) in [5, 5.41) is 12.8. The Balaban J connectivity index is 1.51. The topological polar surface area (TPSA) is 99.8 Å². The van der Waals surface area contributed by atoms with Crippen LogP contribution in [-0.4, -0.2) is 42.0 Å². The number of nitrogens with zero attached hydrogens (tertiary/aromatic N) is 6. The lowest BCUT2D eigenvalue weighted by Crippen LogP contribution is -2.15. The quantitative estimate of drug-likeness (QED) is 0.392. The zero-order valence-electron chi connectivity index (χ0n) is 20.0. The van der Waals surface area contributed by atoms with Gasteiger partial charge in [0, 0.05) is 11.6 Å². The van der Waals surface area contributed by atoms with Crippen LogP contribution in [0.3, 0.4) is 0 Å². The Morgan fingerprint density at radius 1 is 1.00 bits per heavy atom. The van der Waals surface area contributed by atoms with E-state index in [1.165, 1.54) is 11.9 Å². The third-order valence-electron chi connectivity index (χ3n) is 5.63. The summed E-state index contributed by atoms with van der Waals surface area (Å²) in [5.41, 5.74) is 5.11. The fourth-order valence-corrected chi connectivity index (χ4v) is 4.03. The lowest BCUT2D eigenvalue weighted by molar-refractivity contribution is 0.102. The van der Waals surface area contributed by atoms with Crippen molar-refractivity contribution in [2.75, 3.05) is 11.9 Å². The van der Waals surface area contributed by atoms with Crippen molar-refractivity contribution >= 4 is 22.8 Å². The summed E-state index contributed by atoms with van der Waals surface area (Å²) in [4.78, 5) is 21.9. The molecule has 0 bridgehead atoms. The van der Waals surface area contributed by atoms with Crippen molar-refractivity contribution in [3.8, 4) is 17.3 Å². The maximum Gasteiger partial charge on any atom is 0.256 e. The minimum atomic E-state index is -0.259. The highest BCUT2D eigenvalue weighted by molar-refractivity contribution is 6.04. The zero-order chi connectivity index (χ0) is 24.5. The van der Waals surface area contributed by atoms with Crippen LogP contribution in [0.2, 0.25) is 0 Å². The average molecular weight is 468 g/mol. The van der Waals surface area contributed by atoms with E-state index in [1.54, 1.807) is 45.9 Å². The van der Waals surface area contributed by atoms with Gasteiger partial charge >= 0.3 is 0 Å². The van der Waals surface area contributed by atoms with Crippen LogP contribution in [0.1, 0.15) is 34.1 Å². The fraction of sp³-hybridized carbons (Fsp3) is 0.192. The molecule has 9 heteroatoms. The second-order valence-electron chi connectivity index (χ2n) is 8.28. The molecule has 1 amide bonds. The number of aryl methyl sites for hydroxylation is 3. The van der Waals surface area contributed by atoms with E-state index in [1.807, 2.05) is 32.9 Å². The van der Waals surface area contributed by atoms with Crippen molar-refractivity contribution in [3.63, 3.8) is 0 Å². The first-order valence-electron chi connectivity index (χ1n) is 11.3. The first-order valence-corrected chi connectivity index (χ1v) is 11.3. The molecule has 5 aromatic rings. The molecule has 5 rings (SSSR count). The monoisotopic (exact) mass is 467 g/mol. The molecule has 0 radical (unpaired) electrons. The molecule has 0 aliphatic heterocycles. The van der Waals surface area contributed by atoms with E-state index in [9.17, 15) is 4.79 Å². The number of amides is 1. The van der Waals surface area contributed by atoms with Crippen LogP contribution >= 0.6 is 0 Å². The summed E-state index contributed by atoms with van der Waals surface area (Å²) in [6.07, 6.45) is 3.20. The van der Waals surface area contributed by atoms with Gasteiger partial charge in [-0.1, -0.05) is 17.7 Å². The standard InChI is InChI=1S/C26H25N7O2/c1-5-35-20-9-7-19(8-10-20)26(34)30-23-13-18(4)31-33(23)25-21-14-29-32(24(21)27-15-28-25)22-11-6-16(2)12-17(22)3/h6-15H,5H2,1-4H3,(H,30,34). The summed E-state index contributed by atoms with van der Waals surface area (Å²) < 4.78 is 8.87. The maximum atomic E-state index is 13.0. The van der Waals surface area contributed by atoms with Gasteiger partial charge in [0.2, 0.25) is 0 Å². The number of anilines is 1. The molecule has 2 aromatic carbocycles. The number of aromatic nitrogens is 6. The fourth-order valence-electron chi connectivity index (χ4n) is 4.03. The van der Waals surface area contributed by atoms with E-state index in [4.69, 9.17) is 4.74 Å². The third-order valence-corrected chi connectivity index (χ3v) is 5.63. The molecular weight excluding hydrogens is 442 g/mol. The Kier molecular flexibility index (Phi) is 5.74. The molecule has 3 aromatic heterocycles. The Morgan fingerprint density at radius 2 is 1.80 bits per heavy atom. The molecule has 3 heterocycles. The molecule has 0 atom stereocenters. The molecule has 0 fully saturated rings. The first-order chi connectivity index (χ1) is 16.9. The predicted molar refractivity (Wildman–Crippen MR) is 134 cm³/mol. The molecule has 176 valence electrons. The molecule has 9 nitrogen and oxygen atoms in total. The van der Waals surface area contributed by atoms with E-state index in [2.05, 4.69) is 38.5 Å². The Morgan fingerprint density at radius 3 is 2.54 bits per heavy atom. The summed E-state index contributed by atoms with van der Waals surface area (Å²) >= 11 is 0. The van der Waals surface area contributed by atoms with Gasteiger partial charge in [-0.3, -0.25) is 4.79 Å². The molecule has 0 spiro atoms. The molecule has 0 aliphatic carbocycles. The predicted octanol–water partition coefficient (Wildman–Crippen LogP) is 4.58. The minimum Gasteiger partial charge on any atom is -0.494 e. The van der Waals surface area contributed by atoms with Gasteiger partial charge in [0.25, 0.3) is 5.91 Å². The van der Waals surface area contributed by atoms with Gasteiger partial charge in [-0.15, -0.1) is 0 Å². The highest BCUT2D eigenvalue weighted by Gasteiger charge is 2.18. The largest absolute Gasteiger partial charge is 0.494 e. The highest BCUT2D eigenvalue weighted by Crippen LogP contribution is 2.26. The number of hydrogen-bond acceptors (Lipinski definition) is 6. The number of nitrogens with one attached hydrogen (secondary N) is 1. The van der Waals surface area contributed by atoms with Crippen molar-refractivity contribution in [1.82, 2.24) is 29.5 Å². The highest BCUT2D eigenvalue weighted by atomic mass is 16.5. The summed E-state index contributed by atoms with van der Waals surface area (Å²) in [6, 6.07) is 15.0. The van der Waals surface area contributed by atoms with E-state index >= 15 is 0 Å². The summed E-state index contributed by atoms with van der Waals surface area (Å²) in [7, 11) is 0.